The van der Waals surface area contributed by atoms with Crippen molar-refractivity contribution in [2.24, 2.45) is 0 Å². The molecule has 0 amide bonds. The summed E-state index contributed by atoms with van der Waals surface area (Å²) in [5, 5.41) is 11.2. The molecule has 2 nitrogen and oxygen atoms in total. The van der Waals surface area contributed by atoms with Gasteiger partial charge in [0.05, 0.1) is 0 Å². The Hall–Kier alpha value is -0.0100. The van der Waals surface area contributed by atoms with Crippen LogP contribution in [0.25, 0.3) is 0 Å². The maximum absolute atomic E-state index is 4.06. The minimum absolute atomic E-state index is 0.929. The first-order chi connectivity index (χ1) is 5.84. The summed E-state index contributed by atoms with van der Waals surface area (Å²) in [5.74, 6) is 0. The number of hydrogen-bond donors (Lipinski definition) is 0. The molecule has 0 aliphatic carbocycles. The Morgan fingerprint density at radius 2 is 2.33 bits per heavy atom. The fourth-order valence-electron chi connectivity index (χ4n) is 0.867. The van der Waals surface area contributed by atoms with E-state index in [0.29, 0.717) is 0 Å². The highest BCUT2D eigenvalue weighted by Gasteiger charge is 2.02. The summed E-state index contributed by atoms with van der Waals surface area (Å²) in [4.78, 5) is 1.35. The van der Waals surface area contributed by atoms with E-state index in [0.717, 1.165) is 14.4 Å². The van der Waals surface area contributed by atoms with Crippen LogP contribution in [-0.4, -0.2) is 10.2 Å². The van der Waals surface area contributed by atoms with Crippen LogP contribution in [-0.2, 0) is 6.42 Å². The SMILES string of the molecule is Ic1nnc(Cc2cccs2)s1. The van der Waals surface area contributed by atoms with Crippen LogP contribution in [0.1, 0.15) is 9.88 Å². The van der Waals surface area contributed by atoms with Crippen molar-refractivity contribution in [1.29, 1.82) is 0 Å². The highest BCUT2D eigenvalue weighted by molar-refractivity contribution is 14.1. The lowest BCUT2D eigenvalue weighted by atomic mass is 10.4. The molecule has 62 valence electrons. The number of hydrogen-bond acceptors (Lipinski definition) is 4. The first-order valence-electron chi connectivity index (χ1n) is 3.35. The van der Waals surface area contributed by atoms with E-state index >= 15 is 0 Å². The molecule has 0 radical (unpaired) electrons. The number of rotatable bonds is 2. The number of nitrogens with zero attached hydrogens (tertiary/aromatic N) is 2. The lowest BCUT2D eigenvalue weighted by molar-refractivity contribution is 0.999. The predicted molar refractivity (Wildman–Crippen MR) is 59.8 cm³/mol. The standard InChI is InChI=1S/C7H5IN2S2/c8-7-10-9-6(12-7)4-5-2-1-3-11-5/h1-3H,4H2. The van der Waals surface area contributed by atoms with Crippen molar-refractivity contribution in [3.8, 4) is 0 Å². The third kappa shape index (κ3) is 2.02. The summed E-state index contributed by atoms with van der Waals surface area (Å²) in [7, 11) is 0. The van der Waals surface area contributed by atoms with Crippen LogP contribution < -0.4 is 0 Å². The van der Waals surface area contributed by atoms with Crippen LogP contribution in [0.4, 0.5) is 0 Å². The van der Waals surface area contributed by atoms with Crippen molar-refractivity contribution in [2.75, 3.05) is 0 Å². The molecule has 0 aliphatic heterocycles. The first kappa shape index (κ1) is 8.58. The van der Waals surface area contributed by atoms with Gasteiger partial charge in [-0.2, -0.15) is 0 Å². The van der Waals surface area contributed by atoms with Crippen LogP contribution in [0.5, 0.6) is 0 Å². The van der Waals surface area contributed by atoms with Gasteiger partial charge in [-0.15, -0.1) is 21.5 Å². The van der Waals surface area contributed by atoms with E-state index in [2.05, 4.69) is 50.3 Å². The van der Waals surface area contributed by atoms with Gasteiger partial charge in [-0.3, -0.25) is 0 Å². The van der Waals surface area contributed by atoms with Crippen molar-refractivity contribution >= 4 is 45.3 Å². The fraction of sp³-hybridized carbons (Fsp3) is 0.143. The third-order valence-corrected chi connectivity index (χ3v) is 3.81. The van der Waals surface area contributed by atoms with Crippen LogP contribution >= 0.6 is 45.3 Å². The topological polar surface area (TPSA) is 25.8 Å². The van der Waals surface area contributed by atoms with Crippen molar-refractivity contribution in [3.63, 3.8) is 0 Å². The Morgan fingerprint density at radius 3 is 2.92 bits per heavy atom. The molecule has 0 N–H and O–H groups in total. The highest BCUT2D eigenvalue weighted by Crippen LogP contribution is 2.18. The van der Waals surface area contributed by atoms with Crippen LogP contribution in [0.15, 0.2) is 17.5 Å². The van der Waals surface area contributed by atoms with E-state index < -0.39 is 0 Å². The number of aromatic nitrogens is 2. The van der Waals surface area contributed by atoms with Crippen molar-refractivity contribution < 1.29 is 0 Å². The number of halogens is 1. The molecule has 2 rings (SSSR count). The second-order valence-corrected chi connectivity index (χ2v) is 6.05. The van der Waals surface area contributed by atoms with Gasteiger partial charge in [0.25, 0.3) is 0 Å². The molecule has 0 atom stereocenters. The van der Waals surface area contributed by atoms with E-state index in [-0.39, 0.29) is 0 Å². The predicted octanol–water partition coefficient (Wildman–Crippen LogP) is 2.80. The van der Waals surface area contributed by atoms with Crippen LogP contribution in [0, 0.1) is 3.01 Å². The van der Waals surface area contributed by atoms with Crippen LogP contribution in [0.3, 0.4) is 0 Å². The van der Waals surface area contributed by atoms with Gasteiger partial charge >= 0.3 is 0 Å². The van der Waals surface area contributed by atoms with Crippen molar-refractivity contribution in [2.45, 2.75) is 6.42 Å². The molecule has 2 heterocycles. The highest BCUT2D eigenvalue weighted by atomic mass is 127. The summed E-state index contributed by atoms with van der Waals surface area (Å²) in [6.07, 6.45) is 0.929. The number of thiophene rings is 1. The quantitative estimate of drug-likeness (QED) is 0.797. The molecular weight excluding hydrogens is 303 g/mol. The van der Waals surface area contributed by atoms with E-state index in [1.165, 1.54) is 4.88 Å². The molecule has 2 aromatic rings. The second kappa shape index (κ2) is 3.80. The van der Waals surface area contributed by atoms with Gasteiger partial charge < -0.3 is 0 Å². The van der Waals surface area contributed by atoms with Gasteiger partial charge in [-0.25, -0.2) is 0 Å². The molecule has 0 aliphatic rings. The normalized spacial score (nSPS) is 10.4. The molecule has 0 saturated carbocycles. The van der Waals surface area contributed by atoms with E-state index in [1.54, 1.807) is 22.7 Å². The summed E-state index contributed by atoms with van der Waals surface area (Å²) < 4.78 is 1.01. The summed E-state index contributed by atoms with van der Waals surface area (Å²) >= 11 is 5.61. The zero-order chi connectivity index (χ0) is 8.39. The van der Waals surface area contributed by atoms with E-state index in [1.807, 2.05) is 0 Å². The molecule has 0 aromatic carbocycles. The minimum atomic E-state index is 0.929. The zero-order valence-electron chi connectivity index (χ0n) is 6.03. The van der Waals surface area contributed by atoms with Gasteiger partial charge in [0, 0.05) is 11.3 Å². The minimum Gasteiger partial charge on any atom is -0.148 e. The Labute approximate surface area is 91.8 Å². The molecule has 0 unspecified atom stereocenters. The summed E-state index contributed by atoms with van der Waals surface area (Å²) in [6, 6.07) is 4.19. The Morgan fingerprint density at radius 1 is 1.42 bits per heavy atom. The average Bonchev–Trinajstić information content (AvgIpc) is 2.63. The molecule has 0 fully saturated rings. The van der Waals surface area contributed by atoms with E-state index in [9.17, 15) is 0 Å². The third-order valence-electron chi connectivity index (χ3n) is 1.35. The summed E-state index contributed by atoms with van der Waals surface area (Å²) in [6.45, 7) is 0. The Bertz CT molecular complexity index is 355. The first-order valence-corrected chi connectivity index (χ1v) is 6.12. The van der Waals surface area contributed by atoms with Crippen molar-refractivity contribution in [1.82, 2.24) is 10.2 Å². The maximum atomic E-state index is 4.06. The fourth-order valence-corrected chi connectivity index (χ4v) is 3.12. The largest absolute Gasteiger partial charge is 0.178 e. The molecule has 0 spiro atoms. The van der Waals surface area contributed by atoms with Crippen LogP contribution in [0.2, 0.25) is 0 Å². The molecule has 0 bridgehead atoms. The molecule has 2 aromatic heterocycles. The van der Waals surface area contributed by atoms with Gasteiger partial charge in [0.2, 0.25) is 0 Å². The van der Waals surface area contributed by atoms with Gasteiger partial charge in [0.15, 0.2) is 3.01 Å². The van der Waals surface area contributed by atoms with E-state index in [4.69, 9.17) is 0 Å². The maximum Gasteiger partial charge on any atom is 0.178 e. The molecular formula is C7H5IN2S2. The van der Waals surface area contributed by atoms with Gasteiger partial charge in [0.1, 0.15) is 5.01 Å². The van der Waals surface area contributed by atoms with Gasteiger partial charge in [-0.1, -0.05) is 17.4 Å². The molecule has 5 heteroatoms. The lowest BCUT2D eigenvalue weighted by Crippen LogP contribution is -1.81. The monoisotopic (exact) mass is 308 g/mol. The Balaban J connectivity index is 2.14. The average molecular weight is 308 g/mol. The smallest absolute Gasteiger partial charge is 0.148 e. The van der Waals surface area contributed by atoms with Gasteiger partial charge in [-0.05, 0) is 34.0 Å². The lowest BCUT2D eigenvalue weighted by Gasteiger charge is -1.87. The zero-order valence-corrected chi connectivity index (χ0v) is 9.82. The van der Waals surface area contributed by atoms with Crippen molar-refractivity contribution in [3.05, 3.63) is 30.4 Å². The molecule has 0 saturated heterocycles. The molecule has 12 heavy (non-hydrogen) atoms. The second-order valence-electron chi connectivity index (χ2n) is 2.20. The Kier molecular flexibility index (Phi) is 2.72. The summed E-state index contributed by atoms with van der Waals surface area (Å²) in [5.41, 5.74) is 0.